The topological polar surface area (TPSA) is 29.3 Å². The fourth-order valence-corrected chi connectivity index (χ4v) is 4.88. The summed E-state index contributed by atoms with van der Waals surface area (Å²) in [6.45, 7) is 10.5. The number of hydrogen-bond donors (Lipinski definition) is 1. The van der Waals surface area contributed by atoms with E-state index in [1.165, 1.54) is 38.1 Å². The van der Waals surface area contributed by atoms with Gasteiger partial charge in [0.15, 0.2) is 0 Å². The maximum atomic E-state index is 6.12. The first-order chi connectivity index (χ1) is 7.50. The van der Waals surface area contributed by atoms with Crippen molar-refractivity contribution in [2.75, 3.05) is 25.4 Å². The largest absolute Gasteiger partial charge is 0.329 e. The zero-order chi connectivity index (χ0) is 11.8. The Kier molecular flexibility index (Phi) is 3.58. The van der Waals surface area contributed by atoms with E-state index in [9.17, 15) is 0 Å². The van der Waals surface area contributed by atoms with Crippen LogP contribution in [-0.4, -0.2) is 41.1 Å². The van der Waals surface area contributed by atoms with Gasteiger partial charge in [0.25, 0.3) is 0 Å². The van der Waals surface area contributed by atoms with Crippen LogP contribution in [0.5, 0.6) is 0 Å². The van der Waals surface area contributed by atoms with Crippen LogP contribution in [0, 0.1) is 5.41 Å². The summed E-state index contributed by atoms with van der Waals surface area (Å²) in [6.07, 6.45) is 3.99. The normalized spacial score (nSPS) is 40.1. The Labute approximate surface area is 104 Å². The molecule has 2 saturated heterocycles. The minimum Gasteiger partial charge on any atom is -0.329 e. The molecule has 2 heterocycles. The van der Waals surface area contributed by atoms with E-state index in [1.54, 1.807) is 0 Å². The molecule has 94 valence electrons. The van der Waals surface area contributed by atoms with Gasteiger partial charge in [-0.05, 0) is 37.0 Å². The predicted octanol–water partition coefficient (Wildman–Crippen LogP) is 2.33. The lowest BCUT2D eigenvalue weighted by atomic mass is 9.80. The van der Waals surface area contributed by atoms with Gasteiger partial charge >= 0.3 is 0 Å². The molecule has 2 rings (SSSR count). The third kappa shape index (κ3) is 2.14. The van der Waals surface area contributed by atoms with Gasteiger partial charge in [0, 0.05) is 23.9 Å². The number of hydrogen-bond acceptors (Lipinski definition) is 3. The minimum atomic E-state index is 0.294. The van der Waals surface area contributed by atoms with Crippen LogP contribution < -0.4 is 5.73 Å². The van der Waals surface area contributed by atoms with Crippen LogP contribution in [0.4, 0.5) is 0 Å². The second-order valence-corrected chi connectivity index (χ2v) is 7.71. The molecule has 0 radical (unpaired) electrons. The first kappa shape index (κ1) is 12.7. The van der Waals surface area contributed by atoms with Crippen LogP contribution in [0.3, 0.4) is 0 Å². The molecule has 2 nitrogen and oxygen atoms in total. The summed E-state index contributed by atoms with van der Waals surface area (Å²) in [5.41, 5.74) is 6.90. The molecule has 0 aromatic rings. The SMILES string of the molecule is CC1SCCC1(CN)N1CCCC(C)(C)C1. The molecule has 2 fully saturated rings. The number of nitrogens with zero attached hydrogens (tertiary/aromatic N) is 1. The molecule has 3 heteroatoms. The second kappa shape index (κ2) is 4.51. The van der Waals surface area contributed by atoms with E-state index in [0.29, 0.717) is 16.2 Å². The maximum Gasteiger partial charge on any atom is 0.0455 e. The third-order valence-corrected chi connectivity index (χ3v) is 5.92. The van der Waals surface area contributed by atoms with Crippen molar-refractivity contribution in [1.82, 2.24) is 4.90 Å². The molecule has 0 saturated carbocycles. The molecule has 0 aromatic heterocycles. The summed E-state index contributed by atoms with van der Waals surface area (Å²) < 4.78 is 0. The summed E-state index contributed by atoms with van der Waals surface area (Å²) in [4.78, 5) is 2.71. The molecule has 0 spiro atoms. The molecule has 0 amide bonds. The van der Waals surface area contributed by atoms with Crippen molar-refractivity contribution in [1.29, 1.82) is 0 Å². The zero-order valence-electron chi connectivity index (χ0n) is 11.0. The van der Waals surface area contributed by atoms with E-state index in [0.717, 1.165) is 6.54 Å². The highest BCUT2D eigenvalue weighted by atomic mass is 32.2. The Hall–Kier alpha value is 0.270. The fraction of sp³-hybridized carbons (Fsp3) is 1.00. The van der Waals surface area contributed by atoms with E-state index >= 15 is 0 Å². The van der Waals surface area contributed by atoms with Gasteiger partial charge in [0.1, 0.15) is 0 Å². The minimum absolute atomic E-state index is 0.294. The standard InChI is InChI=1S/C13H26N2S/c1-11-13(9-14,6-8-16-11)15-7-4-5-12(2,3)10-15/h11H,4-10,14H2,1-3H3. The number of thioether (sulfide) groups is 1. The van der Waals surface area contributed by atoms with Crippen molar-refractivity contribution in [3.05, 3.63) is 0 Å². The van der Waals surface area contributed by atoms with E-state index < -0.39 is 0 Å². The van der Waals surface area contributed by atoms with Crippen molar-refractivity contribution >= 4 is 11.8 Å². The number of likely N-dealkylation sites (tertiary alicyclic amines) is 1. The Morgan fingerprint density at radius 3 is 2.62 bits per heavy atom. The van der Waals surface area contributed by atoms with Crippen molar-refractivity contribution in [2.24, 2.45) is 11.1 Å². The fourth-order valence-electron chi connectivity index (χ4n) is 3.39. The Bertz CT molecular complexity index is 254. The van der Waals surface area contributed by atoms with Gasteiger partial charge in [-0.3, -0.25) is 4.90 Å². The summed E-state index contributed by atoms with van der Waals surface area (Å²) in [7, 11) is 0. The summed E-state index contributed by atoms with van der Waals surface area (Å²) in [5, 5.41) is 0.700. The molecule has 2 unspecified atom stereocenters. The molecule has 0 bridgehead atoms. The van der Waals surface area contributed by atoms with Crippen LogP contribution in [-0.2, 0) is 0 Å². The van der Waals surface area contributed by atoms with Gasteiger partial charge in [-0.25, -0.2) is 0 Å². The molecule has 0 aromatic carbocycles. The van der Waals surface area contributed by atoms with Gasteiger partial charge in [-0.1, -0.05) is 20.8 Å². The lowest BCUT2D eigenvalue weighted by Gasteiger charge is -2.49. The number of nitrogens with two attached hydrogens (primary N) is 1. The van der Waals surface area contributed by atoms with Crippen LogP contribution in [0.1, 0.15) is 40.0 Å². The average Bonchev–Trinajstić information content (AvgIpc) is 2.59. The van der Waals surface area contributed by atoms with Gasteiger partial charge in [0.05, 0.1) is 0 Å². The maximum absolute atomic E-state index is 6.12. The molecule has 16 heavy (non-hydrogen) atoms. The quantitative estimate of drug-likeness (QED) is 0.806. The van der Waals surface area contributed by atoms with Crippen molar-refractivity contribution in [3.63, 3.8) is 0 Å². The Morgan fingerprint density at radius 2 is 2.12 bits per heavy atom. The monoisotopic (exact) mass is 242 g/mol. The van der Waals surface area contributed by atoms with E-state index in [1.807, 2.05) is 0 Å². The molecular weight excluding hydrogens is 216 g/mol. The first-order valence-electron chi connectivity index (χ1n) is 6.57. The Morgan fingerprint density at radius 1 is 1.38 bits per heavy atom. The lowest BCUT2D eigenvalue weighted by Crippen LogP contribution is -2.61. The smallest absolute Gasteiger partial charge is 0.0455 e. The molecule has 2 aliphatic heterocycles. The molecule has 2 atom stereocenters. The van der Waals surface area contributed by atoms with Crippen LogP contribution in [0.25, 0.3) is 0 Å². The second-order valence-electron chi connectivity index (χ2n) is 6.26. The van der Waals surface area contributed by atoms with Crippen LogP contribution >= 0.6 is 11.8 Å². The highest BCUT2D eigenvalue weighted by molar-refractivity contribution is 8.00. The summed E-state index contributed by atoms with van der Waals surface area (Å²) >= 11 is 2.10. The van der Waals surface area contributed by atoms with Crippen molar-refractivity contribution in [3.8, 4) is 0 Å². The highest BCUT2D eigenvalue weighted by Crippen LogP contribution is 2.43. The van der Waals surface area contributed by atoms with Crippen LogP contribution in [0.15, 0.2) is 0 Å². The third-order valence-electron chi connectivity index (χ3n) is 4.54. The van der Waals surface area contributed by atoms with E-state index in [2.05, 4.69) is 37.4 Å². The number of rotatable bonds is 2. The molecular formula is C13H26N2S. The first-order valence-corrected chi connectivity index (χ1v) is 7.62. The summed E-state index contributed by atoms with van der Waals surface area (Å²) in [6, 6.07) is 0. The van der Waals surface area contributed by atoms with E-state index in [-0.39, 0.29) is 0 Å². The predicted molar refractivity (Wildman–Crippen MR) is 72.9 cm³/mol. The lowest BCUT2D eigenvalue weighted by molar-refractivity contribution is 0.0209. The van der Waals surface area contributed by atoms with Gasteiger partial charge in [-0.15, -0.1) is 0 Å². The molecule has 2 N–H and O–H groups in total. The van der Waals surface area contributed by atoms with Gasteiger partial charge < -0.3 is 5.73 Å². The molecule has 0 aliphatic carbocycles. The van der Waals surface area contributed by atoms with Crippen LogP contribution in [0.2, 0.25) is 0 Å². The van der Waals surface area contributed by atoms with Crippen molar-refractivity contribution in [2.45, 2.75) is 50.8 Å². The van der Waals surface area contributed by atoms with Crippen molar-refractivity contribution < 1.29 is 0 Å². The Balaban J connectivity index is 2.15. The number of piperidine rings is 1. The van der Waals surface area contributed by atoms with Gasteiger partial charge in [-0.2, -0.15) is 11.8 Å². The van der Waals surface area contributed by atoms with Gasteiger partial charge in [0.2, 0.25) is 0 Å². The average molecular weight is 242 g/mol. The molecule has 2 aliphatic rings. The van der Waals surface area contributed by atoms with E-state index in [4.69, 9.17) is 5.73 Å². The summed E-state index contributed by atoms with van der Waals surface area (Å²) in [5.74, 6) is 1.29. The highest BCUT2D eigenvalue weighted by Gasteiger charge is 2.46. The zero-order valence-corrected chi connectivity index (χ0v) is 11.8.